The number of nitrogens with one attached hydrogen (secondary N) is 1. The highest BCUT2D eigenvalue weighted by Crippen LogP contribution is 2.39. The van der Waals surface area contributed by atoms with Crippen molar-refractivity contribution < 1.29 is 22.8 Å². The molecule has 0 aliphatic rings. The van der Waals surface area contributed by atoms with Crippen LogP contribution in [-0.2, 0) is 17.4 Å². The molecule has 1 N–H and O–H groups in total. The van der Waals surface area contributed by atoms with Gasteiger partial charge < -0.3 is 5.32 Å². The van der Waals surface area contributed by atoms with Crippen LogP contribution in [-0.4, -0.2) is 22.9 Å². The number of benzene rings is 2. The fraction of sp³-hybridized carbons (Fsp3) is 0.360. The Hall–Kier alpha value is -2.80. The molecule has 1 heterocycles. The normalized spacial score (nSPS) is 12.2. The van der Waals surface area contributed by atoms with Crippen molar-refractivity contribution in [3.63, 3.8) is 0 Å². The molecule has 0 aliphatic carbocycles. The predicted molar refractivity (Wildman–Crippen MR) is 124 cm³/mol. The number of fused-ring (bicyclic) bond motifs is 1. The Kier molecular flexibility index (Phi) is 6.93. The number of carbonyl (C=O) groups is 2. The molecule has 0 aliphatic heterocycles. The standard InChI is InChI=1S/C25H26ClF3N2O2/c1-15-5-10-20-18(13-15)19(14-21(32)30-12-11-24(2,3)4)22(25(27,28)29)31(20)23(33)16-6-8-17(26)9-7-16/h5-10,13H,11-12,14H2,1-4H3,(H,30,32). The summed E-state index contributed by atoms with van der Waals surface area (Å²) in [5, 5.41) is 3.30. The molecule has 1 aromatic heterocycles. The zero-order chi connectivity index (χ0) is 24.6. The molecule has 0 radical (unpaired) electrons. The van der Waals surface area contributed by atoms with Gasteiger partial charge in [-0.1, -0.05) is 44.0 Å². The number of aryl methyl sites for hydroxylation is 1. The van der Waals surface area contributed by atoms with Crippen molar-refractivity contribution in [3.05, 3.63) is 69.9 Å². The fourth-order valence-corrected chi connectivity index (χ4v) is 3.80. The average Bonchev–Trinajstić information content (AvgIpc) is 3.00. The molecule has 0 bridgehead atoms. The van der Waals surface area contributed by atoms with E-state index < -0.39 is 30.1 Å². The van der Waals surface area contributed by atoms with E-state index in [1.54, 1.807) is 19.1 Å². The Balaban J connectivity index is 2.12. The van der Waals surface area contributed by atoms with Crippen molar-refractivity contribution in [2.75, 3.05) is 6.54 Å². The van der Waals surface area contributed by atoms with E-state index in [2.05, 4.69) is 5.32 Å². The van der Waals surface area contributed by atoms with Crippen LogP contribution in [0.15, 0.2) is 42.5 Å². The third-order valence-corrected chi connectivity index (χ3v) is 5.58. The van der Waals surface area contributed by atoms with Crippen LogP contribution in [0.5, 0.6) is 0 Å². The van der Waals surface area contributed by atoms with Crippen molar-refractivity contribution in [1.29, 1.82) is 0 Å². The molecule has 0 fully saturated rings. The number of hydrogen-bond acceptors (Lipinski definition) is 2. The molecule has 2 aromatic carbocycles. The van der Waals surface area contributed by atoms with Gasteiger partial charge in [-0.15, -0.1) is 0 Å². The number of nitrogens with zero attached hydrogens (tertiary/aromatic N) is 1. The molecule has 0 saturated heterocycles. The SMILES string of the molecule is Cc1ccc2c(c1)c(CC(=O)NCCC(C)(C)C)c(C(F)(F)F)n2C(=O)c1ccc(Cl)cc1. The van der Waals surface area contributed by atoms with Gasteiger partial charge in [0.2, 0.25) is 5.91 Å². The van der Waals surface area contributed by atoms with Crippen LogP contribution in [0.1, 0.15) is 54.4 Å². The van der Waals surface area contributed by atoms with Gasteiger partial charge in [0.25, 0.3) is 5.91 Å². The van der Waals surface area contributed by atoms with Gasteiger partial charge in [0.1, 0.15) is 5.69 Å². The van der Waals surface area contributed by atoms with E-state index >= 15 is 0 Å². The van der Waals surface area contributed by atoms with Gasteiger partial charge in [-0.05, 0) is 60.7 Å². The van der Waals surface area contributed by atoms with Crippen molar-refractivity contribution in [2.45, 2.75) is 46.7 Å². The summed E-state index contributed by atoms with van der Waals surface area (Å²) in [7, 11) is 0. The lowest BCUT2D eigenvalue weighted by Crippen LogP contribution is -2.29. The number of amides is 1. The minimum Gasteiger partial charge on any atom is -0.356 e. The molecule has 33 heavy (non-hydrogen) atoms. The second-order valence-electron chi connectivity index (χ2n) is 9.33. The van der Waals surface area contributed by atoms with Crippen molar-refractivity contribution in [2.24, 2.45) is 5.41 Å². The van der Waals surface area contributed by atoms with Gasteiger partial charge >= 0.3 is 6.18 Å². The highest BCUT2D eigenvalue weighted by molar-refractivity contribution is 6.30. The zero-order valence-corrected chi connectivity index (χ0v) is 19.7. The molecule has 3 rings (SSSR count). The maximum atomic E-state index is 14.3. The highest BCUT2D eigenvalue weighted by atomic mass is 35.5. The van der Waals surface area contributed by atoms with Gasteiger partial charge in [-0.2, -0.15) is 13.2 Å². The van der Waals surface area contributed by atoms with Gasteiger partial charge in [0.15, 0.2) is 0 Å². The van der Waals surface area contributed by atoms with Crippen molar-refractivity contribution in [3.8, 4) is 0 Å². The maximum absolute atomic E-state index is 14.3. The number of aromatic nitrogens is 1. The van der Waals surface area contributed by atoms with Crippen LogP contribution in [0.3, 0.4) is 0 Å². The lowest BCUT2D eigenvalue weighted by Gasteiger charge is -2.18. The van der Waals surface area contributed by atoms with Crippen molar-refractivity contribution in [1.82, 2.24) is 9.88 Å². The first-order valence-corrected chi connectivity index (χ1v) is 10.9. The van der Waals surface area contributed by atoms with Crippen LogP contribution < -0.4 is 5.32 Å². The van der Waals surface area contributed by atoms with Crippen LogP contribution in [0, 0.1) is 12.3 Å². The summed E-state index contributed by atoms with van der Waals surface area (Å²) in [6.07, 6.45) is -4.66. The third-order valence-electron chi connectivity index (χ3n) is 5.32. The van der Waals surface area contributed by atoms with Crippen LogP contribution >= 0.6 is 11.6 Å². The first-order valence-electron chi connectivity index (χ1n) is 10.6. The molecule has 8 heteroatoms. The Morgan fingerprint density at radius 1 is 1.03 bits per heavy atom. The Morgan fingerprint density at radius 2 is 1.67 bits per heavy atom. The van der Waals surface area contributed by atoms with E-state index in [1.165, 1.54) is 30.3 Å². The van der Waals surface area contributed by atoms with Gasteiger partial charge in [-0.3, -0.25) is 14.2 Å². The third kappa shape index (κ3) is 5.77. The van der Waals surface area contributed by atoms with Crippen LogP contribution in [0.25, 0.3) is 10.9 Å². The molecule has 3 aromatic rings. The largest absolute Gasteiger partial charge is 0.432 e. The molecule has 4 nitrogen and oxygen atoms in total. The summed E-state index contributed by atoms with van der Waals surface area (Å²) in [6.45, 7) is 8.14. The first kappa shape index (κ1) is 24.8. The van der Waals surface area contributed by atoms with Gasteiger partial charge in [0.05, 0.1) is 11.9 Å². The second kappa shape index (κ2) is 9.21. The lowest BCUT2D eigenvalue weighted by atomic mass is 9.92. The first-order chi connectivity index (χ1) is 15.3. The van der Waals surface area contributed by atoms with Crippen molar-refractivity contribution >= 4 is 34.3 Å². The fourth-order valence-electron chi connectivity index (χ4n) is 3.68. The van der Waals surface area contributed by atoms with E-state index in [0.29, 0.717) is 22.6 Å². The number of rotatable bonds is 5. The quantitative estimate of drug-likeness (QED) is 0.461. The summed E-state index contributed by atoms with van der Waals surface area (Å²) in [4.78, 5) is 25.8. The molecular weight excluding hydrogens is 453 g/mol. The highest BCUT2D eigenvalue weighted by Gasteiger charge is 2.41. The van der Waals surface area contributed by atoms with E-state index in [-0.39, 0.29) is 27.4 Å². The molecule has 0 spiro atoms. The lowest BCUT2D eigenvalue weighted by molar-refractivity contribution is -0.142. The summed E-state index contributed by atoms with van der Waals surface area (Å²) in [6, 6.07) is 10.3. The minimum absolute atomic E-state index is 0.0253. The van der Waals surface area contributed by atoms with E-state index in [0.717, 1.165) is 5.56 Å². The zero-order valence-electron chi connectivity index (χ0n) is 18.9. The monoisotopic (exact) mass is 478 g/mol. The molecule has 0 atom stereocenters. The predicted octanol–water partition coefficient (Wildman–Crippen LogP) is 6.41. The second-order valence-corrected chi connectivity index (χ2v) is 9.77. The summed E-state index contributed by atoms with van der Waals surface area (Å²) >= 11 is 5.87. The minimum atomic E-state index is -4.85. The van der Waals surface area contributed by atoms with Crippen LogP contribution in [0.2, 0.25) is 5.02 Å². The van der Waals surface area contributed by atoms with Gasteiger partial charge in [0, 0.05) is 22.5 Å². The summed E-state index contributed by atoms with van der Waals surface area (Å²) in [5.41, 5.74) is -0.482. The Bertz CT molecular complexity index is 1190. The smallest absolute Gasteiger partial charge is 0.356 e. The van der Waals surface area contributed by atoms with E-state index in [9.17, 15) is 22.8 Å². The Morgan fingerprint density at radius 3 is 2.24 bits per heavy atom. The maximum Gasteiger partial charge on any atom is 0.432 e. The average molecular weight is 479 g/mol. The van der Waals surface area contributed by atoms with E-state index in [4.69, 9.17) is 11.6 Å². The van der Waals surface area contributed by atoms with Gasteiger partial charge in [-0.25, -0.2) is 0 Å². The molecule has 0 unspecified atom stereocenters. The molecule has 1 amide bonds. The Labute approximate surface area is 195 Å². The summed E-state index contributed by atoms with van der Waals surface area (Å²) in [5.74, 6) is -1.36. The number of carbonyl (C=O) groups excluding carboxylic acids is 2. The van der Waals surface area contributed by atoms with Crippen LogP contribution in [0.4, 0.5) is 13.2 Å². The summed E-state index contributed by atoms with van der Waals surface area (Å²) < 4.78 is 43.6. The molecular formula is C25H26ClF3N2O2. The number of alkyl halides is 3. The van der Waals surface area contributed by atoms with E-state index in [1.807, 2.05) is 20.8 Å². The topological polar surface area (TPSA) is 51.1 Å². The number of halogens is 4. The molecule has 176 valence electrons. The number of hydrogen-bond donors (Lipinski definition) is 1. The molecule has 0 saturated carbocycles.